The number of nitrogens with one attached hydrogen (secondary N) is 3. The van der Waals surface area contributed by atoms with Gasteiger partial charge < -0.3 is 24.9 Å². The summed E-state index contributed by atoms with van der Waals surface area (Å²) in [5.74, 6) is 0. The number of benzene rings is 2. The molecular formula is C41H60N8O4. The number of rotatable bonds is 4. The number of amides is 1. The Balaban J connectivity index is 0.000000170. The zero-order chi connectivity index (χ0) is 37.7. The van der Waals surface area contributed by atoms with Crippen molar-refractivity contribution in [1.82, 2.24) is 39.1 Å². The second kappa shape index (κ2) is 14.4. The summed E-state index contributed by atoms with van der Waals surface area (Å²) in [6.07, 6.45) is 5.92. The Kier molecular flexibility index (Phi) is 10.2. The number of piperidine rings is 2. The van der Waals surface area contributed by atoms with Crippen molar-refractivity contribution in [2.24, 2.45) is 0 Å². The van der Waals surface area contributed by atoms with Crippen LogP contribution < -0.4 is 16.7 Å². The smallest absolute Gasteiger partial charge is 0.410 e. The normalized spacial score (nSPS) is 25.3. The molecule has 1 amide bonds. The molecule has 12 nitrogen and oxygen atoms in total. The highest BCUT2D eigenvalue weighted by Crippen LogP contribution is 2.35. The van der Waals surface area contributed by atoms with Crippen molar-refractivity contribution in [1.29, 1.82) is 0 Å². The number of hydrogen-bond acceptors (Lipinski definition) is 7. The molecule has 6 heterocycles. The minimum atomic E-state index is -0.473. The molecule has 4 saturated heterocycles. The predicted octanol–water partition coefficient (Wildman–Crippen LogP) is 5.70. The Morgan fingerprint density at radius 3 is 1.68 bits per heavy atom. The molecule has 2 aromatic heterocycles. The lowest BCUT2D eigenvalue weighted by Crippen LogP contribution is -2.52. The summed E-state index contributed by atoms with van der Waals surface area (Å²) in [5, 5.41) is 3.49. The summed E-state index contributed by atoms with van der Waals surface area (Å²) >= 11 is 0. The largest absolute Gasteiger partial charge is 0.444 e. The third-order valence-electron chi connectivity index (χ3n) is 12.4. The first kappa shape index (κ1) is 37.4. The highest BCUT2D eigenvalue weighted by Gasteiger charge is 2.43. The highest BCUT2D eigenvalue weighted by atomic mass is 16.6. The average molecular weight is 729 g/mol. The lowest BCUT2D eigenvalue weighted by molar-refractivity contribution is 0.0221. The molecule has 2 aromatic carbocycles. The van der Waals surface area contributed by atoms with Crippen molar-refractivity contribution < 1.29 is 9.53 Å². The Bertz CT molecular complexity index is 2050. The number of H-pyrrole nitrogens is 2. The first-order chi connectivity index (χ1) is 25.1. The Morgan fingerprint density at radius 1 is 0.736 bits per heavy atom. The van der Waals surface area contributed by atoms with Crippen LogP contribution in [0.2, 0.25) is 0 Å². The highest BCUT2D eigenvalue weighted by molar-refractivity contribution is 5.77. The zero-order valence-corrected chi connectivity index (χ0v) is 32.9. The van der Waals surface area contributed by atoms with E-state index in [2.05, 4.69) is 70.1 Å². The Hall–Kier alpha value is -3.87. The second-order valence-electron chi connectivity index (χ2n) is 17.7. The number of carbonyl (C=O) groups is 1. The van der Waals surface area contributed by atoms with Gasteiger partial charge in [0.25, 0.3) is 0 Å². The molecule has 53 heavy (non-hydrogen) atoms. The van der Waals surface area contributed by atoms with Gasteiger partial charge in [-0.2, -0.15) is 0 Å². The summed E-state index contributed by atoms with van der Waals surface area (Å²) in [7, 11) is 0. The van der Waals surface area contributed by atoms with E-state index in [1.165, 1.54) is 12.0 Å². The van der Waals surface area contributed by atoms with Gasteiger partial charge in [-0.15, -0.1) is 0 Å². The van der Waals surface area contributed by atoms with Gasteiger partial charge in [0.1, 0.15) is 5.60 Å². The third kappa shape index (κ3) is 7.73. The van der Waals surface area contributed by atoms with Crippen LogP contribution in [0.1, 0.15) is 96.4 Å². The van der Waals surface area contributed by atoms with E-state index in [0.717, 1.165) is 106 Å². The van der Waals surface area contributed by atoms with Gasteiger partial charge in [0.15, 0.2) is 0 Å². The van der Waals surface area contributed by atoms with Gasteiger partial charge >= 0.3 is 17.5 Å². The zero-order valence-electron chi connectivity index (χ0n) is 32.9. The molecule has 4 aliphatic rings. The Morgan fingerprint density at radius 2 is 1.23 bits per heavy atom. The number of aryl methyl sites for hydroxylation is 2. The number of fused-ring (bicyclic) bond motifs is 2. The molecule has 0 spiro atoms. The van der Waals surface area contributed by atoms with Gasteiger partial charge in [0.05, 0.1) is 22.1 Å². The quantitative estimate of drug-likeness (QED) is 0.247. The molecule has 8 rings (SSSR count). The van der Waals surface area contributed by atoms with Crippen molar-refractivity contribution in [3.8, 4) is 0 Å². The maximum Gasteiger partial charge on any atom is 0.410 e. The standard InChI is InChI=1S/C23H34N4O3.C18H26N4O/c1-16-6-7-19-18(14-16)24-20(28)27(19)17-8-11-26(12-9-17)23(5)10-13-25(15-23)21(29)30-22(2,3)4;1-13-3-4-16-15(11-13)20-17(23)22(16)14-5-9-21(10-6-14)18(2)7-8-19-12-18/h6-7,14,17H,8-13,15H2,1-5H3,(H,24,28);3-4,11,14,19H,5-10,12H2,1-2H3,(H,20,23). The molecule has 12 heteroatoms. The number of likely N-dealkylation sites (tertiary alicyclic amines) is 3. The van der Waals surface area contributed by atoms with Crippen LogP contribution in [0, 0.1) is 13.8 Å². The van der Waals surface area contributed by atoms with Gasteiger partial charge in [0.2, 0.25) is 0 Å². The molecule has 0 saturated carbocycles. The fourth-order valence-corrected chi connectivity index (χ4v) is 9.30. The van der Waals surface area contributed by atoms with Crippen molar-refractivity contribution in [2.45, 2.75) is 116 Å². The first-order valence-electron chi connectivity index (χ1n) is 19.7. The minimum absolute atomic E-state index is 0.0165. The number of nitrogens with zero attached hydrogens (tertiary/aromatic N) is 5. The van der Waals surface area contributed by atoms with Crippen LogP contribution in [-0.2, 0) is 4.74 Å². The van der Waals surface area contributed by atoms with E-state index < -0.39 is 5.60 Å². The van der Waals surface area contributed by atoms with Crippen LogP contribution in [0.5, 0.6) is 0 Å². The van der Waals surface area contributed by atoms with Gasteiger partial charge in [-0.1, -0.05) is 12.1 Å². The lowest BCUT2D eigenvalue weighted by atomic mass is 9.93. The van der Waals surface area contributed by atoms with E-state index in [1.54, 1.807) is 0 Å². The fourth-order valence-electron chi connectivity index (χ4n) is 9.30. The molecule has 0 radical (unpaired) electrons. The van der Waals surface area contributed by atoms with E-state index in [0.29, 0.717) is 18.1 Å². The number of carbonyl (C=O) groups excluding carboxylic acids is 1. The SMILES string of the molecule is Cc1ccc2c(c1)[nH]c(=O)n2C1CCN(C2(C)CCN(C(=O)OC(C)(C)C)C2)CC1.Cc1ccc2c(c1)[nH]c(=O)n2C1CCN(C2(C)CCNC2)CC1. The number of aromatic nitrogens is 4. The van der Waals surface area contributed by atoms with Crippen LogP contribution >= 0.6 is 0 Å². The maximum absolute atomic E-state index is 12.6. The monoisotopic (exact) mass is 728 g/mol. The van der Waals surface area contributed by atoms with Crippen molar-refractivity contribution in [3.05, 3.63) is 68.5 Å². The van der Waals surface area contributed by atoms with E-state index >= 15 is 0 Å². The number of aromatic amines is 2. The van der Waals surface area contributed by atoms with Crippen LogP contribution in [0.4, 0.5) is 4.79 Å². The molecule has 4 aromatic rings. The molecule has 0 aliphatic carbocycles. The topological polar surface area (TPSA) is 124 Å². The van der Waals surface area contributed by atoms with Crippen molar-refractivity contribution in [2.75, 3.05) is 52.4 Å². The molecule has 4 aliphatic heterocycles. The molecule has 3 N–H and O–H groups in total. The lowest BCUT2D eigenvalue weighted by Gasteiger charge is -2.43. The summed E-state index contributed by atoms with van der Waals surface area (Å²) < 4.78 is 9.49. The second-order valence-corrected chi connectivity index (χ2v) is 17.7. The molecular weight excluding hydrogens is 669 g/mol. The fraction of sp³-hybridized carbons (Fsp3) is 0.634. The summed E-state index contributed by atoms with van der Waals surface area (Å²) in [6.45, 7) is 22.1. The molecule has 2 unspecified atom stereocenters. The molecule has 288 valence electrons. The van der Waals surface area contributed by atoms with Crippen LogP contribution in [-0.4, -0.2) is 109 Å². The molecule has 4 fully saturated rings. The van der Waals surface area contributed by atoms with Crippen LogP contribution in [0.15, 0.2) is 46.0 Å². The van der Waals surface area contributed by atoms with Gasteiger partial charge in [-0.05, 0) is 129 Å². The van der Waals surface area contributed by atoms with E-state index in [-0.39, 0.29) is 29.1 Å². The van der Waals surface area contributed by atoms with E-state index in [1.807, 2.05) is 53.9 Å². The maximum atomic E-state index is 12.6. The molecule has 0 bridgehead atoms. The Labute approximate surface area is 312 Å². The van der Waals surface area contributed by atoms with E-state index in [4.69, 9.17) is 4.74 Å². The molecule has 2 atom stereocenters. The third-order valence-corrected chi connectivity index (χ3v) is 12.4. The van der Waals surface area contributed by atoms with E-state index in [9.17, 15) is 14.4 Å². The summed E-state index contributed by atoms with van der Waals surface area (Å²) in [5.41, 5.74) is 6.06. The van der Waals surface area contributed by atoms with Gasteiger partial charge in [-0.3, -0.25) is 18.9 Å². The minimum Gasteiger partial charge on any atom is -0.444 e. The number of hydrogen-bond donors (Lipinski definition) is 3. The van der Waals surface area contributed by atoms with Gasteiger partial charge in [-0.25, -0.2) is 14.4 Å². The van der Waals surface area contributed by atoms with Crippen molar-refractivity contribution in [3.63, 3.8) is 0 Å². The van der Waals surface area contributed by atoms with Crippen LogP contribution in [0.3, 0.4) is 0 Å². The average Bonchev–Trinajstić information content (AvgIpc) is 3.88. The van der Waals surface area contributed by atoms with Crippen molar-refractivity contribution >= 4 is 28.2 Å². The number of imidazole rings is 2. The first-order valence-corrected chi connectivity index (χ1v) is 19.7. The number of ether oxygens (including phenoxy) is 1. The van der Waals surface area contributed by atoms with Crippen LogP contribution in [0.25, 0.3) is 22.1 Å². The predicted molar refractivity (Wildman–Crippen MR) is 211 cm³/mol. The summed E-state index contributed by atoms with van der Waals surface area (Å²) in [4.78, 5) is 50.5. The summed E-state index contributed by atoms with van der Waals surface area (Å²) in [6, 6.07) is 12.9. The van der Waals surface area contributed by atoms with Gasteiger partial charge in [0, 0.05) is 69.0 Å².